The molecule has 0 unspecified atom stereocenters. The quantitative estimate of drug-likeness (QED) is 0.696. The van der Waals surface area contributed by atoms with Gasteiger partial charge in [0.1, 0.15) is 5.75 Å². The first-order valence-electron chi connectivity index (χ1n) is 7.99. The third-order valence-electron chi connectivity index (χ3n) is 3.86. The summed E-state index contributed by atoms with van der Waals surface area (Å²) in [6.45, 7) is 2.36. The molecule has 0 saturated heterocycles. The van der Waals surface area contributed by atoms with E-state index in [-0.39, 0.29) is 4.90 Å². The van der Waals surface area contributed by atoms with E-state index >= 15 is 0 Å². The largest absolute Gasteiger partial charge is 0.493 e. The summed E-state index contributed by atoms with van der Waals surface area (Å²) < 4.78 is 33.8. The number of benzene rings is 3. The van der Waals surface area contributed by atoms with Crippen LogP contribution in [0.4, 0.5) is 5.69 Å². The molecule has 3 aromatic rings. The molecule has 6 nitrogen and oxygen atoms in total. The van der Waals surface area contributed by atoms with Gasteiger partial charge in [-0.1, -0.05) is 24.3 Å². The highest BCUT2D eigenvalue weighted by atomic mass is 32.2. The van der Waals surface area contributed by atoms with Gasteiger partial charge in [-0.15, -0.1) is 0 Å². The van der Waals surface area contributed by atoms with Crippen molar-refractivity contribution in [2.24, 2.45) is 5.73 Å². The Balaban J connectivity index is 2.02. The molecule has 0 atom stereocenters. The fraction of sp³-hybridized carbons (Fsp3) is 0.105. The number of carbonyl (C=O) groups excluding carboxylic acids is 1. The number of amides is 1. The minimum absolute atomic E-state index is 0.149. The first kappa shape index (κ1) is 17.8. The normalized spacial score (nSPS) is 11.3. The third kappa shape index (κ3) is 3.48. The van der Waals surface area contributed by atoms with Crippen LogP contribution in [0.1, 0.15) is 17.3 Å². The van der Waals surface area contributed by atoms with E-state index in [1.807, 2.05) is 19.1 Å². The van der Waals surface area contributed by atoms with E-state index in [9.17, 15) is 13.2 Å². The number of nitrogens with two attached hydrogens (primary N) is 1. The van der Waals surface area contributed by atoms with Crippen LogP contribution in [0.2, 0.25) is 0 Å². The van der Waals surface area contributed by atoms with Gasteiger partial charge in [0.25, 0.3) is 10.0 Å². The molecular formula is C19H18N2O4S. The Hall–Kier alpha value is -3.06. The zero-order chi connectivity index (χ0) is 18.7. The Bertz CT molecular complexity index is 1060. The highest BCUT2D eigenvalue weighted by molar-refractivity contribution is 7.93. The highest BCUT2D eigenvalue weighted by Crippen LogP contribution is 2.32. The number of hydrogen-bond acceptors (Lipinski definition) is 4. The van der Waals surface area contributed by atoms with Gasteiger partial charge in [0.2, 0.25) is 5.91 Å². The number of fused-ring (bicyclic) bond motifs is 1. The lowest BCUT2D eigenvalue weighted by Crippen LogP contribution is -2.14. The molecule has 0 aliphatic heterocycles. The maximum absolute atomic E-state index is 12.9. The van der Waals surface area contributed by atoms with Crippen molar-refractivity contribution in [1.29, 1.82) is 0 Å². The molecule has 0 aliphatic carbocycles. The van der Waals surface area contributed by atoms with Crippen molar-refractivity contribution in [3.8, 4) is 5.75 Å². The van der Waals surface area contributed by atoms with Crippen LogP contribution in [0.15, 0.2) is 65.6 Å². The minimum Gasteiger partial charge on any atom is -0.493 e. The van der Waals surface area contributed by atoms with Crippen LogP contribution in [0.3, 0.4) is 0 Å². The van der Waals surface area contributed by atoms with Gasteiger partial charge in [-0.3, -0.25) is 9.52 Å². The van der Waals surface area contributed by atoms with E-state index in [4.69, 9.17) is 10.5 Å². The summed E-state index contributed by atoms with van der Waals surface area (Å²) in [7, 11) is -3.83. The van der Waals surface area contributed by atoms with Gasteiger partial charge in [0.15, 0.2) is 0 Å². The van der Waals surface area contributed by atoms with Crippen molar-refractivity contribution in [3.63, 3.8) is 0 Å². The predicted octanol–water partition coefficient (Wildman–Crippen LogP) is 3.14. The second-order valence-electron chi connectivity index (χ2n) is 5.59. The molecule has 134 valence electrons. The molecule has 26 heavy (non-hydrogen) atoms. The molecule has 0 spiro atoms. The number of sulfonamides is 1. The molecule has 0 aromatic heterocycles. The van der Waals surface area contributed by atoms with E-state index in [0.717, 1.165) is 5.39 Å². The van der Waals surface area contributed by atoms with Crippen molar-refractivity contribution in [3.05, 3.63) is 66.2 Å². The smallest absolute Gasteiger partial charge is 0.262 e. The minimum atomic E-state index is -3.83. The third-order valence-corrected chi connectivity index (χ3v) is 5.29. The van der Waals surface area contributed by atoms with Crippen molar-refractivity contribution in [2.45, 2.75) is 11.8 Å². The number of nitrogens with one attached hydrogen (secondary N) is 1. The lowest BCUT2D eigenvalue weighted by molar-refractivity contribution is 0.100. The molecule has 0 fully saturated rings. The highest BCUT2D eigenvalue weighted by Gasteiger charge is 2.19. The SMILES string of the molecule is CCOc1ccc(S(=O)(=O)Nc2ccc(C(N)=O)cc2)c2ccccc12. The summed E-state index contributed by atoms with van der Waals surface area (Å²) in [5.41, 5.74) is 5.84. The van der Waals surface area contributed by atoms with Gasteiger partial charge < -0.3 is 10.5 Å². The molecule has 0 heterocycles. The summed E-state index contributed by atoms with van der Waals surface area (Å²) in [5.74, 6) is 0.0600. The standard InChI is InChI=1S/C19H18N2O4S/c1-2-25-17-11-12-18(16-6-4-3-5-15(16)17)26(23,24)21-14-9-7-13(8-10-14)19(20)22/h3-12,21H,2H2,1H3,(H2,20,22). The Kier molecular flexibility index (Phi) is 4.81. The zero-order valence-electron chi connectivity index (χ0n) is 14.1. The number of ether oxygens (including phenoxy) is 1. The van der Waals surface area contributed by atoms with Gasteiger partial charge in [-0.25, -0.2) is 8.42 Å². The first-order chi connectivity index (χ1) is 12.4. The summed E-state index contributed by atoms with van der Waals surface area (Å²) >= 11 is 0. The molecule has 7 heteroatoms. The Morgan fingerprint density at radius 2 is 1.65 bits per heavy atom. The topological polar surface area (TPSA) is 98.5 Å². The summed E-state index contributed by atoms with van der Waals surface area (Å²) in [5, 5.41) is 1.29. The average Bonchev–Trinajstić information content (AvgIpc) is 2.62. The van der Waals surface area contributed by atoms with Crippen molar-refractivity contribution >= 4 is 32.4 Å². The molecule has 1 amide bonds. The summed E-state index contributed by atoms with van der Waals surface area (Å²) in [6.07, 6.45) is 0. The summed E-state index contributed by atoms with van der Waals surface area (Å²) in [4.78, 5) is 11.3. The number of anilines is 1. The number of hydrogen-bond donors (Lipinski definition) is 2. The molecule has 3 rings (SSSR count). The van der Waals surface area contributed by atoms with E-state index in [1.54, 1.807) is 18.2 Å². The Morgan fingerprint density at radius 3 is 2.27 bits per heavy atom. The van der Waals surface area contributed by atoms with E-state index < -0.39 is 15.9 Å². The van der Waals surface area contributed by atoms with Crippen molar-refractivity contribution in [1.82, 2.24) is 0 Å². The van der Waals surface area contributed by atoms with E-state index in [1.165, 1.54) is 30.3 Å². The van der Waals surface area contributed by atoms with Crippen LogP contribution in [0, 0.1) is 0 Å². The van der Waals surface area contributed by atoms with Crippen molar-refractivity contribution < 1.29 is 17.9 Å². The summed E-state index contributed by atoms with van der Waals surface area (Å²) in [6, 6.07) is 16.3. The van der Waals surface area contributed by atoms with Crippen LogP contribution in [-0.2, 0) is 10.0 Å². The Morgan fingerprint density at radius 1 is 1.00 bits per heavy atom. The van der Waals surface area contributed by atoms with E-state index in [0.29, 0.717) is 29.0 Å². The molecular weight excluding hydrogens is 352 g/mol. The van der Waals surface area contributed by atoms with Gasteiger partial charge in [0, 0.05) is 22.0 Å². The predicted molar refractivity (Wildman–Crippen MR) is 101 cm³/mol. The van der Waals surface area contributed by atoms with Crippen LogP contribution in [0.5, 0.6) is 5.75 Å². The second-order valence-corrected chi connectivity index (χ2v) is 7.24. The van der Waals surface area contributed by atoms with Crippen LogP contribution in [-0.4, -0.2) is 20.9 Å². The number of rotatable bonds is 6. The first-order valence-corrected chi connectivity index (χ1v) is 9.48. The number of carbonyl (C=O) groups is 1. The molecule has 3 aromatic carbocycles. The lowest BCUT2D eigenvalue weighted by Gasteiger charge is -2.13. The average molecular weight is 370 g/mol. The van der Waals surface area contributed by atoms with Gasteiger partial charge in [-0.2, -0.15) is 0 Å². The molecule has 0 bridgehead atoms. The fourth-order valence-corrected chi connectivity index (χ4v) is 3.94. The Labute approximate surface area is 151 Å². The maximum atomic E-state index is 12.9. The lowest BCUT2D eigenvalue weighted by atomic mass is 10.1. The van der Waals surface area contributed by atoms with Crippen LogP contribution in [0.25, 0.3) is 10.8 Å². The van der Waals surface area contributed by atoms with Crippen molar-refractivity contribution in [2.75, 3.05) is 11.3 Å². The monoisotopic (exact) mass is 370 g/mol. The molecule has 3 N–H and O–H groups in total. The van der Waals surface area contributed by atoms with Gasteiger partial charge >= 0.3 is 0 Å². The molecule has 0 radical (unpaired) electrons. The molecule has 0 saturated carbocycles. The second kappa shape index (κ2) is 7.05. The fourth-order valence-electron chi connectivity index (χ4n) is 2.67. The van der Waals surface area contributed by atoms with Crippen LogP contribution < -0.4 is 15.2 Å². The van der Waals surface area contributed by atoms with Gasteiger partial charge in [0.05, 0.1) is 11.5 Å². The molecule has 0 aliphatic rings. The van der Waals surface area contributed by atoms with E-state index in [2.05, 4.69) is 4.72 Å². The maximum Gasteiger partial charge on any atom is 0.262 e. The van der Waals surface area contributed by atoms with Crippen LogP contribution >= 0.6 is 0 Å². The number of primary amides is 1. The van der Waals surface area contributed by atoms with Gasteiger partial charge in [-0.05, 0) is 43.3 Å². The zero-order valence-corrected chi connectivity index (χ0v) is 14.9.